The molecule has 140 valence electrons. The van der Waals surface area contributed by atoms with Gasteiger partial charge in [0.1, 0.15) is 5.71 Å². The highest BCUT2D eigenvalue weighted by Gasteiger charge is 2.37. The molecule has 0 amide bonds. The van der Waals surface area contributed by atoms with Crippen LogP contribution in [0, 0.1) is 16.7 Å². The summed E-state index contributed by atoms with van der Waals surface area (Å²) in [5, 5.41) is 17.0. The Bertz CT molecular complexity index is 934. The standard InChI is InChI=1S/C19H18F3N5/c1-26-8-10-27(11-9-26)17-5-7-25-16-3-2-13(12-15(16)17)14(4-6-23)18(24)19(20,21)22/h2-5,7,12,24H,8-11H2,1H3/b14-4-,24-18?. The summed E-state index contributed by atoms with van der Waals surface area (Å²) in [7, 11) is 2.04. The first-order valence-electron chi connectivity index (χ1n) is 8.40. The molecule has 0 unspecified atom stereocenters. The van der Waals surface area contributed by atoms with Gasteiger partial charge in [0, 0.05) is 55.1 Å². The SMILES string of the molecule is CN1CCN(c2ccnc3ccc(/C(=C/C#N)C(=N)C(F)(F)F)cc23)CC1. The molecule has 0 bridgehead atoms. The number of hydrogen-bond acceptors (Lipinski definition) is 5. The summed E-state index contributed by atoms with van der Waals surface area (Å²) < 4.78 is 39.1. The monoisotopic (exact) mass is 373 g/mol. The molecule has 0 aliphatic carbocycles. The van der Waals surface area contributed by atoms with Gasteiger partial charge < -0.3 is 9.80 Å². The van der Waals surface area contributed by atoms with Crippen LogP contribution in [0.15, 0.2) is 36.5 Å². The van der Waals surface area contributed by atoms with E-state index in [0.29, 0.717) is 10.9 Å². The number of nitrogens with one attached hydrogen (secondary N) is 1. The highest BCUT2D eigenvalue weighted by atomic mass is 19.4. The van der Waals surface area contributed by atoms with E-state index in [0.717, 1.165) is 37.9 Å². The summed E-state index contributed by atoms with van der Waals surface area (Å²) in [6.07, 6.45) is -2.38. The van der Waals surface area contributed by atoms with Crippen molar-refractivity contribution in [3.63, 3.8) is 0 Å². The van der Waals surface area contributed by atoms with Crippen LogP contribution in [-0.2, 0) is 0 Å². The van der Waals surface area contributed by atoms with Gasteiger partial charge in [0.25, 0.3) is 0 Å². The largest absolute Gasteiger partial charge is 0.433 e. The van der Waals surface area contributed by atoms with Gasteiger partial charge in [0.15, 0.2) is 0 Å². The predicted octanol–water partition coefficient (Wildman–Crippen LogP) is 3.48. The second-order valence-corrected chi connectivity index (χ2v) is 6.41. The minimum absolute atomic E-state index is 0.176. The lowest BCUT2D eigenvalue weighted by Crippen LogP contribution is -2.44. The normalized spacial score (nSPS) is 16.4. The van der Waals surface area contributed by atoms with Crippen LogP contribution in [0.1, 0.15) is 5.56 Å². The average molecular weight is 373 g/mol. The van der Waals surface area contributed by atoms with Gasteiger partial charge >= 0.3 is 6.18 Å². The molecule has 5 nitrogen and oxygen atoms in total. The maximum atomic E-state index is 13.0. The van der Waals surface area contributed by atoms with Gasteiger partial charge in [0.2, 0.25) is 0 Å². The second-order valence-electron chi connectivity index (χ2n) is 6.41. The molecule has 8 heteroatoms. The summed E-state index contributed by atoms with van der Waals surface area (Å²) >= 11 is 0. The summed E-state index contributed by atoms with van der Waals surface area (Å²) in [6, 6.07) is 8.13. The molecule has 1 aromatic carbocycles. The van der Waals surface area contributed by atoms with Gasteiger partial charge in [-0.25, -0.2) is 0 Å². The van der Waals surface area contributed by atoms with Crippen LogP contribution < -0.4 is 4.90 Å². The fourth-order valence-electron chi connectivity index (χ4n) is 3.14. The molecule has 0 spiro atoms. The smallest absolute Gasteiger partial charge is 0.368 e. The number of allylic oxidation sites excluding steroid dienone is 2. The number of alkyl halides is 3. The minimum atomic E-state index is -4.83. The van der Waals surface area contributed by atoms with Crippen molar-refractivity contribution in [1.82, 2.24) is 9.88 Å². The third-order valence-corrected chi connectivity index (χ3v) is 4.64. The number of benzene rings is 1. The highest BCUT2D eigenvalue weighted by molar-refractivity contribution is 6.25. The van der Waals surface area contributed by atoms with Crippen LogP contribution in [0.4, 0.5) is 18.9 Å². The molecule has 27 heavy (non-hydrogen) atoms. The fourth-order valence-corrected chi connectivity index (χ4v) is 3.14. The van der Waals surface area contributed by atoms with Crippen molar-refractivity contribution in [2.75, 3.05) is 38.1 Å². The van der Waals surface area contributed by atoms with Gasteiger partial charge in [-0.3, -0.25) is 10.4 Å². The Hall–Kier alpha value is -2.92. The molecular weight excluding hydrogens is 355 g/mol. The highest BCUT2D eigenvalue weighted by Crippen LogP contribution is 2.32. The Morgan fingerprint density at radius 1 is 1.22 bits per heavy atom. The first-order chi connectivity index (χ1) is 12.8. The molecular formula is C19H18F3N5. The number of fused-ring (bicyclic) bond motifs is 1. The van der Waals surface area contributed by atoms with E-state index < -0.39 is 17.5 Å². The molecule has 2 heterocycles. The van der Waals surface area contributed by atoms with Crippen LogP contribution in [0.3, 0.4) is 0 Å². The molecule has 2 aromatic rings. The molecule has 1 aliphatic heterocycles. The van der Waals surface area contributed by atoms with E-state index in [1.807, 2.05) is 13.1 Å². The number of aromatic nitrogens is 1. The van der Waals surface area contributed by atoms with E-state index in [1.165, 1.54) is 6.07 Å². The molecule has 1 aliphatic rings. The van der Waals surface area contributed by atoms with Crippen LogP contribution >= 0.6 is 0 Å². The van der Waals surface area contributed by atoms with E-state index in [9.17, 15) is 13.2 Å². The first-order valence-corrected chi connectivity index (χ1v) is 8.40. The van der Waals surface area contributed by atoms with Gasteiger partial charge in [-0.05, 0) is 30.8 Å². The van der Waals surface area contributed by atoms with Gasteiger partial charge in [-0.2, -0.15) is 18.4 Å². The molecule has 3 rings (SSSR count). The molecule has 1 fully saturated rings. The van der Waals surface area contributed by atoms with Gasteiger partial charge in [0.05, 0.1) is 11.6 Å². The van der Waals surface area contributed by atoms with E-state index in [-0.39, 0.29) is 5.56 Å². The van der Waals surface area contributed by atoms with Crippen molar-refractivity contribution in [2.24, 2.45) is 0 Å². The third kappa shape index (κ3) is 3.93. The first kappa shape index (κ1) is 18.9. The second kappa shape index (κ2) is 7.37. The number of rotatable bonds is 3. The predicted molar refractivity (Wildman–Crippen MR) is 98.8 cm³/mol. The van der Waals surface area contributed by atoms with Crippen LogP contribution in [-0.4, -0.2) is 55.0 Å². The topological polar surface area (TPSA) is 67.0 Å². The zero-order valence-corrected chi connectivity index (χ0v) is 14.7. The lowest BCUT2D eigenvalue weighted by atomic mass is 9.98. The van der Waals surface area contributed by atoms with Crippen LogP contribution in [0.5, 0.6) is 0 Å². The van der Waals surface area contributed by atoms with Crippen LogP contribution in [0.2, 0.25) is 0 Å². The molecule has 1 saturated heterocycles. The summed E-state index contributed by atoms with van der Waals surface area (Å²) in [6.45, 7) is 3.39. The summed E-state index contributed by atoms with van der Waals surface area (Å²) in [4.78, 5) is 8.68. The Morgan fingerprint density at radius 2 is 1.93 bits per heavy atom. The number of halogens is 3. The van der Waals surface area contributed by atoms with E-state index in [4.69, 9.17) is 10.7 Å². The van der Waals surface area contributed by atoms with Crippen molar-refractivity contribution in [1.29, 1.82) is 10.7 Å². The maximum absolute atomic E-state index is 13.0. The number of nitriles is 1. The zero-order valence-electron chi connectivity index (χ0n) is 14.7. The van der Waals surface area contributed by atoms with Crippen molar-refractivity contribution < 1.29 is 13.2 Å². The fraction of sp³-hybridized carbons (Fsp3) is 0.316. The van der Waals surface area contributed by atoms with E-state index >= 15 is 0 Å². The molecule has 1 aromatic heterocycles. The number of likely N-dealkylation sites (N-methyl/N-ethyl adjacent to an activating group) is 1. The van der Waals surface area contributed by atoms with E-state index in [2.05, 4.69) is 14.8 Å². The Kier molecular flexibility index (Phi) is 5.15. The number of hydrogen-bond donors (Lipinski definition) is 1. The van der Waals surface area contributed by atoms with Crippen molar-refractivity contribution in [3.8, 4) is 6.07 Å². The van der Waals surface area contributed by atoms with Gasteiger partial charge in [-0.15, -0.1) is 0 Å². The van der Waals surface area contributed by atoms with Crippen LogP contribution in [0.25, 0.3) is 16.5 Å². The van der Waals surface area contributed by atoms with Crippen molar-refractivity contribution >= 4 is 27.9 Å². The number of piperazine rings is 1. The summed E-state index contributed by atoms with van der Waals surface area (Å²) in [5.74, 6) is 0. The number of anilines is 1. The Balaban J connectivity index is 2.08. The van der Waals surface area contributed by atoms with Gasteiger partial charge in [-0.1, -0.05) is 6.07 Å². The Labute approximate surface area is 154 Å². The average Bonchev–Trinajstić information content (AvgIpc) is 2.65. The van der Waals surface area contributed by atoms with Crippen molar-refractivity contribution in [3.05, 3.63) is 42.1 Å². The minimum Gasteiger partial charge on any atom is -0.368 e. The lowest BCUT2D eigenvalue weighted by molar-refractivity contribution is -0.0578. The molecule has 0 saturated carbocycles. The quantitative estimate of drug-likeness (QED) is 0.661. The molecule has 1 N–H and O–H groups in total. The van der Waals surface area contributed by atoms with E-state index in [1.54, 1.807) is 24.4 Å². The maximum Gasteiger partial charge on any atom is 0.433 e. The number of pyridine rings is 1. The number of nitrogens with zero attached hydrogens (tertiary/aromatic N) is 4. The lowest BCUT2D eigenvalue weighted by Gasteiger charge is -2.34. The van der Waals surface area contributed by atoms with Crippen molar-refractivity contribution in [2.45, 2.75) is 6.18 Å². The summed E-state index contributed by atoms with van der Waals surface area (Å²) in [5.41, 5.74) is -0.252. The molecule has 0 atom stereocenters. The Morgan fingerprint density at radius 3 is 2.56 bits per heavy atom. The zero-order chi connectivity index (χ0) is 19.6. The molecule has 0 radical (unpaired) electrons. The third-order valence-electron chi connectivity index (χ3n) is 4.64.